The number of allylic oxidation sites excluding steroid dienone is 4. The summed E-state index contributed by atoms with van der Waals surface area (Å²) in [7, 11) is -0.424. The summed E-state index contributed by atoms with van der Waals surface area (Å²) in [5.74, 6) is 0. The molecule has 0 fully saturated rings. The van der Waals surface area contributed by atoms with Crippen molar-refractivity contribution in [1.82, 2.24) is 0 Å². The molecule has 0 N–H and O–H groups in total. The van der Waals surface area contributed by atoms with Gasteiger partial charge in [-0.3, -0.25) is 0 Å². The molecule has 0 aromatic carbocycles. The van der Waals surface area contributed by atoms with Crippen molar-refractivity contribution in [3.8, 4) is 0 Å². The van der Waals surface area contributed by atoms with Crippen LogP contribution in [0.2, 0.25) is 13.1 Å². The van der Waals surface area contributed by atoms with Gasteiger partial charge in [-0.2, -0.15) is 0 Å². The van der Waals surface area contributed by atoms with Gasteiger partial charge in [0.15, 0.2) is 0 Å². The maximum atomic E-state index is 8.00. The van der Waals surface area contributed by atoms with Crippen LogP contribution in [-0.4, -0.2) is 22.4 Å². The van der Waals surface area contributed by atoms with Gasteiger partial charge in [-0.25, -0.2) is 0 Å². The van der Waals surface area contributed by atoms with Crippen LogP contribution in [0.4, 0.5) is 0 Å². The van der Waals surface area contributed by atoms with E-state index in [4.69, 9.17) is 9.59 Å². The zero-order valence-corrected chi connectivity index (χ0v) is 10.3. The van der Waals surface area contributed by atoms with Crippen molar-refractivity contribution in [2.75, 3.05) is 0 Å². The van der Waals surface area contributed by atoms with Gasteiger partial charge >= 0.3 is 0 Å². The Kier molecular flexibility index (Phi) is 19.9. The number of carbonyl (C=O) groups is 2. The summed E-state index contributed by atoms with van der Waals surface area (Å²) in [5.41, 5.74) is 0. The third kappa shape index (κ3) is 9.46. The van der Waals surface area contributed by atoms with E-state index in [0.717, 1.165) is 0 Å². The molecule has 0 atom stereocenters. The summed E-state index contributed by atoms with van der Waals surface area (Å²) in [6, 6.07) is 0. The second-order valence-electron chi connectivity index (χ2n) is 2.53. The molecular formula is C9H16CoO2Si. The third-order valence-corrected chi connectivity index (χ3v) is 3.45. The van der Waals surface area contributed by atoms with Crippen LogP contribution in [-0.2, 0) is 26.4 Å². The van der Waals surface area contributed by atoms with Gasteiger partial charge in [-0.1, -0.05) is 36.5 Å². The molecule has 2 nitrogen and oxygen atoms in total. The average Bonchev–Trinajstić information content (AvgIpc) is 2.64. The molecule has 0 amide bonds. The first-order valence-electron chi connectivity index (χ1n) is 3.74. The summed E-state index contributed by atoms with van der Waals surface area (Å²) >= 11 is 0. The topological polar surface area (TPSA) is 34.1 Å². The summed E-state index contributed by atoms with van der Waals surface area (Å²) in [6.45, 7) is 8.75. The zero-order chi connectivity index (χ0) is 9.98. The predicted octanol–water partition coefficient (Wildman–Crippen LogP) is 1.53. The number of carbonyl (C=O) groups excluding carboxylic acids is 2. The van der Waals surface area contributed by atoms with Gasteiger partial charge in [0.2, 0.25) is 0 Å². The Morgan fingerprint density at radius 2 is 1.69 bits per heavy atom. The van der Waals surface area contributed by atoms with Crippen molar-refractivity contribution in [2.45, 2.75) is 19.5 Å². The van der Waals surface area contributed by atoms with Crippen LogP contribution >= 0.6 is 0 Å². The molecule has 0 aromatic heterocycles. The second kappa shape index (κ2) is 14.1. The Labute approximate surface area is 91.9 Å². The van der Waals surface area contributed by atoms with Crippen LogP contribution in [0.25, 0.3) is 0 Å². The van der Waals surface area contributed by atoms with Gasteiger partial charge in [0.25, 0.3) is 0 Å². The summed E-state index contributed by atoms with van der Waals surface area (Å²) in [5, 5.41) is 1.70. The standard InChI is InChI=1S/C7H12Si.2CH2O.Co/c1-8(2)7-5-3-4-6-7;2*1-2;/h3-5,8H,6H2,1-2H3;2*1H2;. The molecule has 0 unspecified atom stereocenters. The van der Waals surface area contributed by atoms with E-state index in [1.165, 1.54) is 6.42 Å². The first-order chi connectivity index (χ1) is 5.80. The fraction of sp³-hybridized carbons (Fsp3) is 0.333. The van der Waals surface area contributed by atoms with Crippen LogP contribution in [0.5, 0.6) is 0 Å². The summed E-state index contributed by atoms with van der Waals surface area (Å²) < 4.78 is 0. The van der Waals surface area contributed by atoms with Crippen LogP contribution < -0.4 is 0 Å². The van der Waals surface area contributed by atoms with E-state index >= 15 is 0 Å². The van der Waals surface area contributed by atoms with Gasteiger partial charge < -0.3 is 9.59 Å². The van der Waals surface area contributed by atoms with E-state index in [1.54, 1.807) is 5.20 Å². The number of rotatable bonds is 1. The van der Waals surface area contributed by atoms with Gasteiger partial charge in [-0.15, -0.1) is 0 Å². The predicted molar refractivity (Wildman–Crippen MR) is 55.0 cm³/mol. The maximum absolute atomic E-state index is 8.00. The van der Waals surface area contributed by atoms with E-state index < -0.39 is 8.80 Å². The SMILES string of the molecule is C=O.C=O.C[SiH](C)C1=CC=CC1.[Co]. The quantitative estimate of drug-likeness (QED) is 0.654. The molecule has 1 radical (unpaired) electrons. The molecule has 0 spiro atoms. The Hall–Kier alpha value is -0.457. The van der Waals surface area contributed by atoms with Gasteiger partial charge in [0.05, 0.1) is 8.80 Å². The van der Waals surface area contributed by atoms with Crippen molar-refractivity contribution in [1.29, 1.82) is 0 Å². The molecule has 13 heavy (non-hydrogen) atoms. The molecule has 0 saturated heterocycles. The molecular weight excluding hydrogens is 227 g/mol. The van der Waals surface area contributed by atoms with Crippen molar-refractivity contribution in [2.24, 2.45) is 0 Å². The maximum Gasteiger partial charge on any atom is 0.106 e. The van der Waals surface area contributed by atoms with E-state index in [9.17, 15) is 0 Å². The van der Waals surface area contributed by atoms with Crippen LogP contribution in [0.15, 0.2) is 23.4 Å². The second-order valence-corrected chi connectivity index (χ2v) is 5.58. The molecule has 0 aromatic rings. The van der Waals surface area contributed by atoms with Crippen LogP contribution in [0.3, 0.4) is 0 Å². The molecule has 1 aliphatic rings. The smallest absolute Gasteiger partial charge is 0.106 e. The van der Waals surface area contributed by atoms with E-state index in [2.05, 4.69) is 31.3 Å². The monoisotopic (exact) mass is 243 g/mol. The Balaban J connectivity index is -0.000000178. The van der Waals surface area contributed by atoms with E-state index in [0.29, 0.717) is 0 Å². The number of hydrogen-bond donors (Lipinski definition) is 0. The molecule has 0 saturated carbocycles. The van der Waals surface area contributed by atoms with Crippen molar-refractivity contribution in [3.63, 3.8) is 0 Å². The molecule has 77 valence electrons. The molecule has 1 rings (SSSR count). The van der Waals surface area contributed by atoms with Gasteiger partial charge in [-0.05, 0) is 6.42 Å². The minimum Gasteiger partial charge on any atom is -0.307 e. The minimum absolute atomic E-state index is 0. The Bertz CT molecular complexity index is 165. The normalized spacial score (nSPS) is 11.5. The van der Waals surface area contributed by atoms with Crippen LogP contribution in [0, 0.1) is 0 Å². The van der Waals surface area contributed by atoms with Gasteiger partial charge in [0.1, 0.15) is 13.6 Å². The number of hydrogen-bond acceptors (Lipinski definition) is 2. The van der Waals surface area contributed by atoms with E-state index in [1.807, 2.05) is 13.6 Å². The zero-order valence-electron chi connectivity index (χ0n) is 8.08. The summed E-state index contributed by atoms with van der Waals surface area (Å²) in [4.78, 5) is 16.0. The fourth-order valence-electron chi connectivity index (χ4n) is 0.892. The largest absolute Gasteiger partial charge is 0.307 e. The van der Waals surface area contributed by atoms with Crippen molar-refractivity contribution in [3.05, 3.63) is 23.4 Å². The van der Waals surface area contributed by atoms with Crippen molar-refractivity contribution < 1.29 is 26.4 Å². The third-order valence-electron chi connectivity index (χ3n) is 1.54. The molecule has 0 aliphatic heterocycles. The molecule has 0 heterocycles. The minimum atomic E-state index is -0.424. The first kappa shape index (κ1) is 18.4. The Morgan fingerprint density at radius 1 is 1.23 bits per heavy atom. The van der Waals surface area contributed by atoms with E-state index in [-0.39, 0.29) is 16.8 Å². The fourth-order valence-corrected chi connectivity index (χ4v) is 2.00. The molecule has 1 aliphatic carbocycles. The molecule has 0 bridgehead atoms. The summed E-state index contributed by atoms with van der Waals surface area (Å²) in [6.07, 6.45) is 7.92. The van der Waals surface area contributed by atoms with Crippen molar-refractivity contribution >= 4 is 22.4 Å². The molecule has 4 heteroatoms. The van der Waals surface area contributed by atoms with Crippen LogP contribution in [0.1, 0.15) is 6.42 Å². The first-order valence-corrected chi connectivity index (χ1v) is 6.62. The van der Waals surface area contributed by atoms with Gasteiger partial charge in [0, 0.05) is 16.8 Å². The Morgan fingerprint density at radius 3 is 1.85 bits per heavy atom. The average molecular weight is 243 g/mol.